The topological polar surface area (TPSA) is 78.8 Å². The number of hydrogen-bond acceptors (Lipinski definition) is 4. The van der Waals surface area contributed by atoms with Crippen molar-refractivity contribution in [3.05, 3.63) is 47.7 Å². The van der Waals surface area contributed by atoms with Gasteiger partial charge in [0.1, 0.15) is 0 Å². The Morgan fingerprint density at radius 3 is 2.37 bits per heavy atom. The van der Waals surface area contributed by atoms with Gasteiger partial charge >= 0.3 is 0 Å². The minimum atomic E-state index is -3.67. The SMILES string of the molecule is C(=C1CCCN1)C(=NC1CCCC1C1CCCCC1)c1ccccc1.CS(=O)(=O)O. The second-order valence-electron chi connectivity index (χ2n) is 8.87. The first-order valence-electron chi connectivity index (χ1n) is 11.4. The van der Waals surface area contributed by atoms with Crippen LogP contribution in [0.3, 0.4) is 0 Å². The largest absolute Gasteiger partial charge is 0.388 e. The second kappa shape index (κ2) is 11.1. The molecule has 3 fully saturated rings. The van der Waals surface area contributed by atoms with Gasteiger partial charge in [0.2, 0.25) is 0 Å². The van der Waals surface area contributed by atoms with Crippen molar-refractivity contribution in [2.45, 2.75) is 70.3 Å². The summed E-state index contributed by atoms with van der Waals surface area (Å²) in [5.74, 6) is 1.76. The van der Waals surface area contributed by atoms with E-state index in [-0.39, 0.29) is 0 Å². The fraction of sp³-hybridized carbons (Fsp3) is 0.625. The molecule has 5 nitrogen and oxygen atoms in total. The molecule has 2 unspecified atom stereocenters. The number of nitrogens with one attached hydrogen (secondary N) is 1. The molecule has 0 amide bonds. The highest BCUT2D eigenvalue weighted by Gasteiger charge is 2.34. The summed E-state index contributed by atoms with van der Waals surface area (Å²) >= 11 is 0. The van der Waals surface area contributed by atoms with E-state index in [0.29, 0.717) is 12.3 Å². The smallest absolute Gasteiger partial charge is 0.261 e. The summed E-state index contributed by atoms with van der Waals surface area (Å²) in [6.45, 7) is 1.11. The van der Waals surface area contributed by atoms with Gasteiger partial charge in [-0.25, -0.2) is 0 Å². The minimum absolute atomic E-state index is 0.538. The van der Waals surface area contributed by atoms with Crippen LogP contribution in [0.5, 0.6) is 0 Å². The van der Waals surface area contributed by atoms with Crippen molar-refractivity contribution in [1.29, 1.82) is 0 Å². The number of rotatable bonds is 4. The van der Waals surface area contributed by atoms with E-state index in [4.69, 9.17) is 9.55 Å². The van der Waals surface area contributed by atoms with Gasteiger partial charge in [-0.3, -0.25) is 9.55 Å². The van der Waals surface area contributed by atoms with Crippen molar-refractivity contribution in [2.75, 3.05) is 12.8 Å². The molecule has 0 radical (unpaired) electrons. The average Bonchev–Trinajstić information content (AvgIpc) is 3.40. The summed E-state index contributed by atoms with van der Waals surface area (Å²) in [5, 5.41) is 3.54. The van der Waals surface area contributed by atoms with E-state index in [0.717, 1.165) is 18.4 Å². The zero-order chi connectivity index (χ0) is 21.4. The summed E-state index contributed by atoms with van der Waals surface area (Å²) < 4.78 is 25.9. The maximum Gasteiger partial charge on any atom is 0.261 e. The first-order valence-corrected chi connectivity index (χ1v) is 13.2. The van der Waals surface area contributed by atoms with Crippen LogP contribution in [-0.2, 0) is 10.1 Å². The molecule has 1 aromatic rings. The van der Waals surface area contributed by atoms with Gasteiger partial charge in [0.05, 0.1) is 18.0 Å². The molecule has 0 spiro atoms. The van der Waals surface area contributed by atoms with E-state index < -0.39 is 10.1 Å². The van der Waals surface area contributed by atoms with Crippen LogP contribution in [0.4, 0.5) is 0 Å². The molecule has 2 aliphatic carbocycles. The third-order valence-corrected chi connectivity index (χ3v) is 6.45. The molecule has 1 heterocycles. The molecule has 0 aromatic heterocycles. The molecule has 1 aromatic carbocycles. The number of aliphatic imine (C=N–C) groups is 1. The fourth-order valence-electron chi connectivity index (χ4n) is 5.13. The van der Waals surface area contributed by atoms with Crippen molar-refractivity contribution in [2.24, 2.45) is 16.8 Å². The lowest BCUT2D eigenvalue weighted by atomic mass is 9.78. The number of nitrogens with zero attached hydrogens (tertiary/aromatic N) is 1. The molecule has 30 heavy (non-hydrogen) atoms. The van der Waals surface area contributed by atoms with Crippen LogP contribution < -0.4 is 5.32 Å². The first-order chi connectivity index (χ1) is 14.4. The summed E-state index contributed by atoms with van der Waals surface area (Å²) in [4.78, 5) is 5.37. The van der Waals surface area contributed by atoms with Crippen LogP contribution in [0.1, 0.15) is 69.8 Å². The predicted octanol–water partition coefficient (Wildman–Crippen LogP) is 5.00. The Kier molecular flexibility index (Phi) is 8.51. The highest BCUT2D eigenvalue weighted by molar-refractivity contribution is 7.85. The van der Waals surface area contributed by atoms with E-state index in [2.05, 4.69) is 41.7 Å². The minimum Gasteiger partial charge on any atom is -0.388 e. The Balaban J connectivity index is 0.000000461. The molecule has 3 aliphatic rings. The van der Waals surface area contributed by atoms with Crippen LogP contribution >= 0.6 is 0 Å². The molecular weight excluding hydrogens is 396 g/mol. The van der Waals surface area contributed by atoms with Gasteiger partial charge < -0.3 is 5.32 Å². The highest BCUT2D eigenvalue weighted by Crippen LogP contribution is 2.41. The van der Waals surface area contributed by atoms with Crippen molar-refractivity contribution in [3.8, 4) is 0 Å². The van der Waals surface area contributed by atoms with Crippen LogP contribution in [0, 0.1) is 11.8 Å². The van der Waals surface area contributed by atoms with Gasteiger partial charge in [-0.15, -0.1) is 0 Å². The quantitative estimate of drug-likeness (QED) is 0.519. The number of benzene rings is 1. The van der Waals surface area contributed by atoms with Crippen LogP contribution in [0.25, 0.3) is 0 Å². The van der Waals surface area contributed by atoms with Crippen molar-refractivity contribution < 1.29 is 13.0 Å². The Bertz CT molecular complexity index is 811. The maximum absolute atomic E-state index is 9.19. The summed E-state index contributed by atoms with van der Waals surface area (Å²) in [6.07, 6.45) is 16.7. The van der Waals surface area contributed by atoms with Gasteiger partial charge in [0.15, 0.2) is 0 Å². The maximum atomic E-state index is 9.19. The van der Waals surface area contributed by atoms with Crippen LogP contribution in [0.2, 0.25) is 0 Å². The van der Waals surface area contributed by atoms with Crippen LogP contribution in [-0.4, -0.2) is 37.5 Å². The zero-order valence-corrected chi connectivity index (χ0v) is 18.9. The second-order valence-corrected chi connectivity index (χ2v) is 10.3. The predicted molar refractivity (Wildman–Crippen MR) is 123 cm³/mol. The molecule has 1 saturated heterocycles. The zero-order valence-electron chi connectivity index (χ0n) is 18.1. The lowest BCUT2D eigenvalue weighted by molar-refractivity contribution is 0.235. The first kappa shape index (κ1) is 23.0. The summed E-state index contributed by atoms with van der Waals surface area (Å²) in [6, 6.07) is 11.3. The lowest BCUT2D eigenvalue weighted by Crippen LogP contribution is -2.25. The van der Waals surface area contributed by atoms with Gasteiger partial charge in [0, 0.05) is 12.2 Å². The van der Waals surface area contributed by atoms with Crippen molar-refractivity contribution >= 4 is 15.8 Å². The van der Waals surface area contributed by atoms with Gasteiger partial charge in [-0.1, -0.05) is 68.9 Å². The molecule has 0 bridgehead atoms. The monoisotopic (exact) mass is 432 g/mol. The summed E-state index contributed by atoms with van der Waals surface area (Å²) in [7, 11) is -3.67. The van der Waals surface area contributed by atoms with E-state index in [9.17, 15) is 8.42 Å². The molecule has 2 N–H and O–H groups in total. The van der Waals surface area contributed by atoms with Gasteiger partial charge in [0.25, 0.3) is 10.1 Å². The van der Waals surface area contributed by atoms with Gasteiger partial charge in [-0.2, -0.15) is 8.42 Å². The van der Waals surface area contributed by atoms with E-state index in [1.54, 1.807) is 0 Å². The Morgan fingerprint density at radius 2 is 1.73 bits per heavy atom. The molecule has 4 rings (SSSR count). The van der Waals surface area contributed by atoms with E-state index >= 15 is 0 Å². The molecule has 2 saturated carbocycles. The standard InChI is InChI=1S/C23H32N2.CH4O3S/c1-3-9-18(10-4-1)21-14-7-15-22(21)25-23(17-20-13-8-16-24-20)19-11-5-2-6-12-19;1-5(2,3)4/h2,5-6,11-12,17-18,21-22,24H,1,3-4,7-10,13-16H2;1H3,(H,2,3,4). The number of hydrogen-bond donors (Lipinski definition) is 2. The third-order valence-electron chi connectivity index (χ3n) is 6.45. The van der Waals surface area contributed by atoms with Crippen molar-refractivity contribution in [3.63, 3.8) is 0 Å². The Hall–Kier alpha value is -1.66. The highest BCUT2D eigenvalue weighted by atomic mass is 32.2. The van der Waals surface area contributed by atoms with Crippen molar-refractivity contribution in [1.82, 2.24) is 5.32 Å². The normalized spacial score (nSPS) is 26.9. The number of allylic oxidation sites excluding steroid dienone is 2. The van der Waals surface area contributed by atoms with Gasteiger partial charge in [-0.05, 0) is 49.2 Å². The molecule has 6 heteroatoms. The molecule has 1 aliphatic heterocycles. The van der Waals surface area contributed by atoms with Crippen LogP contribution in [0.15, 0.2) is 47.1 Å². The average molecular weight is 433 g/mol. The lowest BCUT2D eigenvalue weighted by Gasteiger charge is -2.30. The summed E-state index contributed by atoms with van der Waals surface area (Å²) in [5.41, 5.74) is 3.85. The van der Waals surface area contributed by atoms with E-state index in [1.807, 2.05) is 0 Å². The molecule has 166 valence electrons. The van der Waals surface area contributed by atoms with E-state index in [1.165, 1.54) is 81.2 Å². The molecule has 2 atom stereocenters. The molecular formula is C24H36N2O3S. The Morgan fingerprint density at radius 1 is 1.03 bits per heavy atom. The fourth-order valence-corrected chi connectivity index (χ4v) is 5.13. The Labute approximate surface area is 181 Å². The third kappa shape index (κ3) is 7.55.